The lowest BCUT2D eigenvalue weighted by atomic mass is 9.72. The van der Waals surface area contributed by atoms with Gasteiger partial charge in [-0.3, -0.25) is 9.59 Å². The van der Waals surface area contributed by atoms with Crippen LogP contribution >= 0.6 is 0 Å². The fourth-order valence-electron chi connectivity index (χ4n) is 5.56. The van der Waals surface area contributed by atoms with Gasteiger partial charge >= 0.3 is 11.9 Å². The van der Waals surface area contributed by atoms with Crippen molar-refractivity contribution in [3.63, 3.8) is 0 Å². The van der Waals surface area contributed by atoms with Crippen LogP contribution in [0.1, 0.15) is 105 Å². The van der Waals surface area contributed by atoms with Crippen molar-refractivity contribution >= 4 is 11.9 Å². The van der Waals surface area contributed by atoms with Gasteiger partial charge in [0.2, 0.25) is 0 Å². The standard InChI is InChI=1S/C25H44O4/c1-6-8-18-11-13-19(14-12-18)21(15-16-25(3,4)5)29-24(28)20-10-7-9-17(2)22(20)23(26)27/h17-22H,6-16H2,1-5H3,(H,26,27). The third kappa shape index (κ3) is 7.29. The predicted molar refractivity (Wildman–Crippen MR) is 117 cm³/mol. The number of aliphatic carboxylic acids is 1. The highest BCUT2D eigenvalue weighted by molar-refractivity contribution is 5.81. The minimum Gasteiger partial charge on any atom is -0.481 e. The SMILES string of the molecule is CCCC1CCC(C(CCC(C)(C)C)OC(=O)C2CCCC(C)C2C(=O)O)CC1. The Hall–Kier alpha value is -1.06. The highest BCUT2D eigenvalue weighted by atomic mass is 16.5. The van der Waals surface area contributed by atoms with E-state index in [1.807, 2.05) is 6.92 Å². The van der Waals surface area contributed by atoms with E-state index in [0.29, 0.717) is 12.3 Å². The minimum atomic E-state index is -0.842. The van der Waals surface area contributed by atoms with Crippen molar-refractivity contribution in [2.75, 3.05) is 0 Å². The second-order valence-electron chi connectivity index (χ2n) is 11.0. The molecule has 0 spiro atoms. The molecule has 29 heavy (non-hydrogen) atoms. The zero-order valence-corrected chi connectivity index (χ0v) is 19.4. The summed E-state index contributed by atoms with van der Waals surface area (Å²) in [5.74, 6) is -0.880. The largest absolute Gasteiger partial charge is 0.481 e. The number of ether oxygens (including phenoxy) is 1. The Morgan fingerprint density at radius 3 is 2.28 bits per heavy atom. The lowest BCUT2D eigenvalue weighted by Gasteiger charge is -2.37. The average Bonchev–Trinajstić information content (AvgIpc) is 2.64. The average molecular weight is 409 g/mol. The van der Waals surface area contributed by atoms with E-state index in [9.17, 15) is 14.7 Å². The van der Waals surface area contributed by atoms with Crippen LogP contribution in [0.15, 0.2) is 0 Å². The summed E-state index contributed by atoms with van der Waals surface area (Å²) in [6, 6.07) is 0. The monoisotopic (exact) mass is 408 g/mol. The molecule has 0 aromatic carbocycles. The number of rotatable bonds is 8. The highest BCUT2D eigenvalue weighted by Gasteiger charge is 2.42. The predicted octanol–water partition coefficient (Wildman–Crippen LogP) is 6.47. The van der Waals surface area contributed by atoms with E-state index in [1.54, 1.807) is 0 Å². The molecule has 2 aliphatic rings. The molecule has 0 heterocycles. The topological polar surface area (TPSA) is 63.6 Å². The van der Waals surface area contributed by atoms with Crippen LogP contribution in [-0.2, 0) is 14.3 Å². The normalized spacial score (nSPS) is 31.8. The summed E-state index contributed by atoms with van der Waals surface area (Å²) in [4.78, 5) is 24.9. The zero-order valence-electron chi connectivity index (χ0n) is 19.4. The Bertz CT molecular complexity index is 527. The first kappa shape index (κ1) is 24.2. The first-order chi connectivity index (χ1) is 13.6. The number of carbonyl (C=O) groups is 2. The quantitative estimate of drug-likeness (QED) is 0.468. The Labute approximate surface area is 178 Å². The summed E-state index contributed by atoms with van der Waals surface area (Å²) in [6.45, 7) is 10.9. The Morgan fingerprint density at radius 2 is 1.72 bits per heavy atom. The number of carboxylic acid groups (broad SMARTS) is 1. The summed E-state index contributed by atoms with van der Waals surface area (Å²) >= 11 is 0. The molecule has 0 saturated heterocycles. The summed E-state index contributed by atoms with van der Waals surface area (Å²) in [6.07, 6.45) is 11.6. The maximum atomic E-state index is 13.1. The minimum absolute atomic E-state index is 0.0382. The molecule has 4 heteroatoms. The van der Waals surface area contributed by atoms with E-state index >= 15 is 0 Å². The van der Waals surface area contributed by atoms with Crippen LogP contribution in [0.3, 0.4) is 0 Å². The summed E-state index contributed by atoms with van der Waals surface area (Å²) in [5, 5.41) is 9.69. The van der Waals surface area contributed by atoms with E-state index < -0.39 is 17.8 Å². The van der Waals surface area contributed by atoms with Gasteiger partial charge in [-0.25, -0.2) is 0 Å². The van der Waals surface area contributed by atoms with Crippen LogP contribution in [-0.4, -0.2) is 23.1 Å². The van der Waals surface area contributed by atoms with Crippen molar-refractivity contribution < 1.29 is 19.4 Å². The van der Waals surface area contributed by atoms with Crippen LogP contribution in [0, 0.1) is 35.0 Å². The van der Waals surface area contributed by atoms with Crippen LogP contribution in [0.25, 0.3) is 0 Å². The maximum Gasteiger partial charge on any atom is 0.310 e. The van der Waals surface area contributed by atoms with Gasteiger partial charge in [-0.1, -0.05) is 66.7 Å². The number of esters is 1. The van der Waals surface area contributed by atoms with Gasteiger partial charge in [0.25, 0.3) is 0 Å². The van der Waals surface area contributed by atoms with Gasteiger partial charge in [-0.2, -0.15) is 0 Å². The molecular weight excluding hydrogens is 364 g/mol. The maximum absolute atomic E-state index is 13.1. The van der Waals surface area contributed by atoms with Crippen molar-refractivity contribution in [1.29, 1.82) is 0 Å². The second kappa shape index (κ2) is 10.8. The molecule has 2 saturated carbocycles. The fraction of sp³-hybridized carbons (Fsp3) is 0.920. The molecule has 1 N–H and O–H groups in total. The zero-order chi connectivity index (χ0) is 21.6. The molecule has 4 unspecified atom stereocenters. The van der Waals surface area contributed by atoms with Crippen LogP contribution in [0.2, 0.25) is 0 Å². The van der Waals surface area contributed by atoms with Crippen LogP contribution < -0.4 is 0 Å². The van der Waals surface area contributed by atoms with Gasteiger partial charge in [0.05, 0.1) is 11.8 Å². The van der Waals surface area contributed by atoms with Gasteiger partial charge in [-0.15, -0.1) is 0 Å². The Morgan fingerprint density at radius 1 is 1.07 bits per heavy atom. The van der Waals surface area contributed by atoms with Crippen LogP contribution in [0.4, 0.5) is 0 Å². The van der Waals surface area contributed by atoms with E-state index in [0.717, 1.165) is 44.4 Å². The first-order valence-corrected chi connectivity index (χ1v) is 12.1. The van der Waals surface area contributed by atoms with Crippen molar-refractivity contribution in [1.82, 2.24) is 0 Å². The molecule has 0 aromatic heterocycles. The molecule has 2 aliphatic carbocycles. The fourth-order valence-corrected chi connectivity index (χ4v) is 5.56. The lowest BCUT2D eigenvalue weighted by Crippen LogP contribution is -2.41. The molecular formula is C25H44O4. The molecule has 4 nitrogen and oxygen atoms in total. The van der Waals surface area contributed by atoms with E-state index in [1.165, 1.54) is 25.7 Å². The van der Waals surface area contributed by atoms with Crippen molar-refractivity contribution in [3.05, 3.63) is 0 Å². The van der Waals surface area contributed by atoms with Crippen LogP contribution in [0.5, 0.6) is 0 Å². The van der Waals surface area contributed by atoms with Gasteiger partial charge in [0, 0.05) is 0 Å². The summed E-state index contributed by atoms with van der Waals surface area (Å²) < 4.78 is 6.15. The molecule has 2 fully saturated rings. The Balaban J connectivity index is 2.06. The van der Waals surface area contributed by atoms with E-state index in [-0.39, 0.29) is 23.4 Å². The molecule has 0 bridgehead atoms. The van der Waals surface area contributed by atoms with Gasteiger partial charge in [0.1, 0.15) is 6.10 Å². The van der Waals surface area contributed by atoms with Crippen molar-refractivity contribution in [2.24, 2.45) is 35.0 Å². The van der Waals surface area contributed by atoms with Crippen molar-refractivity contribution in [3.8, 4) is 0 Å². The molecule has 168 valence electrons. The van der Waals surface area contributed by atoms with Gasteiger partial charge in [0.15, 0.2) is 0 Å². The summed E-state index contributed by atoms with van der Waals surface area (Å²) in [7, 11) is 0. The highest BCUT2D eigenvalue weighted by Crippen LogP contribution is 2.39. The molecule has 0 aliphatic heterocycles. The number of carboxylic acids is 1. The van der Waals surface area contributed by atoms with Crippen molar-refractivity contribution in [2.45, 2.75) is 111 Å². The first-order valence-electron chi connectivity index (χ1n) is 12.1. The second-order valence-corrected chi connectivity index (χ2v) is 11.0. The number of hydrogen-bond donors (Lipinski definition) is 1. The Kier molecular flexibility index (Phi) is 9.03. The molecule has 0 amide bonds. The molecule has 0 radical (unpaired) electrons. The van der Waals surface area contributed by atoms with E-state index in [4.69, 9.17) is 4.74 Å². The van der Waals surface area contributed by atoms with E-state index in [2.05, 4.69) is 27.7 Å². The number of hydrogen-bond acceptors (Lipinski definition) is 3. The van der Waals surface area contributed by atoms with Gasteiger partial charge < -0.3 is 9.84 Å². The number of carbonyl (C=O) groups excluding carboxylic acids is 1. The summed E-state index contributed by atoms with van der Waals surface area (Å²) in [5.41, 5.74) is 0.201. The molecule has 4 atom stereocenters. The molecule has 2 rings (SSSR count). The lowest BCUT2D eigenvalue weighted by molar-refractivity contribution is -0.169. The smallest absolute Gasteiger partial charge is 0.310 e. The third-order valence-electron chi connectivity index (χ3n) is 7.37. The third-order valence-corrected chi connectivity index (χ3v) is 7.37. The molecule has 0 aromatic rings. The van der Waals surface area contributed by atoms with Gasteiger partial charge in [-0.05, 0) is 61.7 Å².